The number of halogens is 3. The van der Waals surface area contributed by atoms with Crippen LogP contribution in [0.1, 0.15) is 61.5 Å². The molecule has 0 radical (unpaired) electrons. The molecule has 0 spiro atoms. The van der Waals surface area contributed by atoms with Crippen molar-refractivity contribution in [1.82, 2.24) is 25.5 Å². The second-order valence-corrected chi connectivity index (χ2v) is 8.82. The number of ether oxygens (including phenoxy) is 1. The van der Waals surface area contributed by atoms with E-state index in [9.17, 15) is 22.8 Å². The molecule has 2 aliphatic rings. The van der Waals surface area contributed by atoms with Gasteiger partial charge in [-0.25, -0.2) is 4.79 Å². The monoisotopic (exact) mass is 466 g/mol. The van der Waals surface area contributed by atoms with Crippen LogP contribution < -0.4 is 10.6 Å². The van der Waals surface area contributed by atoms with Crippen molar-refractivity contribution in [3.8, 4) is 0 Å². The molecular formula is C21H25F3N6O3. The van der Waals surface area contributed by atoms with Gasteiger partial charge in [0.15, 0.2) is 5.82 Å². The Bertz CT molecular complexity index is 1000. The second-order valence-electron chi connectivity index (χ2n) is 8.82. The third-order valence-electron chi connectivity index (χ3n) is 5.90. The van der Waals surface area contributed by atoms with Gasteiger partial charge in [-0.2, -0.15) is 18.3 Å². The largest absolute Gasteiger partial charge is 0.446 e. The fourth-order valence-corrected chi connectivity index (χ4v) is 4.08. The van der Waals surface area contributed by atoms with Gasteiger partial charge in [-0.3, -0.25) is 19.9 Å². The van der Waals surface area contributed by atoms with Crippen molar-refractivity contribution in [2.75, 3.05) is 5.32 Å². The molecule has 0 unspecified atom stereocenters. The van der Waals surface area contributed by atoms with Crippen LogP contribution in [0, 0.1) is 6.92 Å². The number of H-pyrrole nitrogens is 1. The molecule has 3 N–H and O–H groups in total. The molecule has 0 aromatic carbocycles. The molecule has 12 heteroatoms. The molecule has 2 atom stereocenters. The number of nitrogens with one attached hydrogen (secondary N) is 3. The van der Waals surface area contributed by atoms with Crippen LogP contribution in [0.15, 0.2) is 18.5 Å². The molecule has 4 rings (SSSR count). The summed E-state index contributed by atoms with van der Waals surface area (Å²) in [7, 11) is 0. The molecule has 0 bridgehead atoms. The molecule has 2 aromatic heterocycles. The van der Waals surface area contributed by atoms with Gasteiger partial charge in [0.1, 0.15) is 6.10 Å². The Hall–Kier alpha value is -3.18. The number of carbonyl (C=O) groups is 2. The number of anilines is 1. The van der Waals surface area contributed by atoms with Crippen molar-refractivity contribution in [3.63, 3.8) is 0 Å². The Morgan fingerprint density at radius 2 is 2.03 bits per heavy atom. The van der Waals surface area contributed by atoms with Crippen LogP contribution in [0.3, 0.4) is 0 Å². The standard InChI is InChI=1S/C21H25F3N6O3/c1-12-9-26-14(10-25-12)7-18(31)27-17-8-16(29-30-17)13-2-3-15(6-13)33-19(32)28-20(4-5-20)11-21(22,23)24/h8-10,13,15H,2-7,11H2,1H3,(H,28,32)(H2,27,29,30,31)/t13-,15+/m0/s1. The number of aromatic nitrogens is 4. The number of hydrogen-bond donors (Lipinski definition) is 3. The number of aromatic amines is 1. The van der Waals surface area contributed by atoms with E-state index < -0.39 is 30.3 Å². The Balaban J connectivity index is 1.24. The second kappa shape index (κ2) is 8.99. The molecule has 0 saturated heterocycles. The van der Waals surface area contributed by atoms with Crippen LogP contribution >= 0.6 is 0 Å². The maximum absolute atomic E-state index is 12.7. The lowest BCUT2D eigenvalue weighted by molar-refractivity contribution is -0.141. The summed E-state index contributed by atoms with van der Waals surface area (Å²) in [6, 6.07) is 1.73. The zero-order valence-electron chi connectivity index (χ0n) is 18.0. The maximum Gasteiger partial charge on any atom is 0.407 e. The van der Waals surface area contributed by atoms with Crippen LogP contribution in [-0.4, -0.2) is 50.0 Å². The Morgan fingerprint density at radius 1 is 1.24 bits per heavy atom. The summed E-state index contributed by atoms with van der Waals surface area (Å²) in [5.41, 5.74) is 0.892. The molecule has 2 amide bonds. The van der Waals surface area contributed by atoms with Crippen molar-refractivity contribution < 1.29 is 27.5 Å². The van der Waals surface area contributed by atoms with Crippen molar-refractivity contribution in [3.05, 3.63) is 35.5 Å². The first-order chi connectivity index (χ1) is 15.6. The van der Waals surface area contributed by atoms with Gasteiger partial charge < -0.3 is 15.4 Å². The van der Waals surface area contributed by atoms with Gasteiger partial charge >= 0.3 is 12.3 Å². The lowest BCUT2D eigenvalue weighted by Crippen LogP contribution is -2.41. The predicted octanol–water partition coefficient (Wildman–Crippen LogP) is 3.54. The highest BCUT2D eigenvalue weighted by Gasteiger charge is 2.52. The van der Waals surface area contributed by atoms with Gasteiger partial charge in [-0.05, 0) is 39.0 Å². The molecule has 9 nitrogen and oxygen atoms in total. The third kappa shape index (κ3) is 6.42. The van der Waals surface area contributed by atoms with Crippen LogP contribution in [0.4, 0.5) is 23.8 Å². The van der Waals surface area contributed by atoms with Gasteiger partial charge in [0.25, 0.3) is 0 Å². The van der Waals surface area contributed by atoms with E-state index in [1.165, 1.54) is 0 Å². The first kappa shape index (κ1) is 23.0. The van der Waals surface area contributed by atoms with Gasteiger partial charge in [0, 0.05) is 30.1 Å². The van der Waals surface area contributed by atoms with Gasteiger partial charge in [0.05, 0.1) is 29.8 Å². The Labute approximate surface area is 187 Å². The fraction of sp³-hybridized carbons (Fsp3) is 0.571. The lowest BCUT2D eigenvalue weighted by Gasteiger charge is -2.20. The third-order valence-corrected chi connectivity index (χ3v) is 5.90. The molecule has 2 aliphatic carbocycles. The summed E-state index contributed by atoms with van der Waals surface area (Å²) >= 11 is 0. The summed E-state index contributed by atoms with van der Waals surface area (Å²) < 4.78 is 43.3. The number of hydrogen-bond acceptors (Lipinski definition) is 6. The van der Waals surface area contributed by atoms with Crippen molar-refractivity contribution >= 4 is 17.8 Å². The van der Waals surface area contributed by atoms with E-state index in [-0.39, 0.29) is 18.2 Å². The van der Waals surface area contributed by atoms with Crippen LogP contribution in [-0.2, 0) is 16.0 Å². The van der Waals surface area contributed by atoms with E-state index >= 15 is 0 Å². The van der Waals surface area contributed by atoms with Crippen LogP contribution in [0.2, 0.25) is 0 Å². The number of rotatable bonds is 7. The number of alkyl carbamates (subject to hydrolysis) is 1. The highest BCUT2D eigenvalue weighted by atomic mass is 19.4. The van der Waals surface area contributed by atoms with Gasteiger partial charge in [0.2, 0.25) is 5.91 Å². The molecule has 0 aliphatic heterocycles. The highest BCUT2D eigenvalue weighted by molar-refractivity contribution is 5.91. The number of carbonyl (C=O) groups excluding carboxylic acids is 2. The summed E-state index contributed by atoms with van der Waals surface area (Å²) in [6.45, 7) is 1.81. The quantitative estimate of drug-likeness (QED) is 0.574. The minimum atomic E-state index is -4.33. The Morgan fingerprint density at radius 3 is 2.70 bits per heavy atom. The Kier molecular flexibility index (Phi) is 6.26. The van der Waals surface area contributed by atoms with E-state index in [1.54, 1.807) is 18.5 Å². The summed E-state index contributed by atoms with van der Waals surface area (Å²) in [5, 5.41) is 12.1. The summed E-state index contributed by atoms with van der Waals surface area (Å²) in [6.07, 6.45) is -0.918. The first-order valence-electron chi connectivity index (χ1n) is 10.8. The summed E-state index contributed by atoms with van der Waals surface area (Å²) in [5.74, 6) is 0.136. The van der Waals surface area contributed by atoms with Crippen molar-refractivity contribution in [2.45, 2.75) is 75.6 Å². The summed E-state index contributed by atoms with van der Waals surface area (Å²) in [4.78, 5) is 32.6. The average molecular weight is 466 g/mol. The smallest absolute Gasteiger partial charge is 0.407 e. The zero-order chi connectivity index (χ0) is 23.6. The van der Waals surface area contributed by atoms with E-state index in [0.29, 0.717) is 37.2 Å². The molecule has 33 heavy (non-hydrogen) atoms. The number of aryl methyl sites for hydroxylation is 1. The highest BCUT2D eigenvalue weighted by Crippen LogP contribution is 2.44. The molecular weight excluding hydrogens is 441 g/mol. The predicted molar refractivity (Wildman–Crippen MR) is 110 cm³/mol. The van der Waals surface area contributed by atoms with Crippen LogP contribution in [0.5, 0.6) is 0 Å². The van der Waals surface area contributed by atoms with Crippen molar-refractivity contribution in [1.29, 1.82) is 0 Å². The lowest BCUT2D eigenvalue weighted by atomic mass is 10.0. The zero-order valence-corrected chi connectivity index (χ0v) is 18.0. The molecule has 2 fully saturated rings. The topological polar surface area (TPSA) is 122 Å². The number of nitrogens with zero attached hydrogens (tertiary/aromatic N) is 3. The SMILES string of the molecule is Cc1cnc(CC(=O)Nc2cc([C@H]3CC[C@@H](OC(=O)NC4(CC(F)(F)F)CC4)C3)[nH]n2)cn1. The minimum Gasteiger partial charge on any atom is -0.446 e. The van der Waals surface area contributed by atoms with E-state index in [2.05, 4.69) is 30.8 Å². The molecule has 178 valence electrons. The molecule has 2 saturated carbocycles. The van der Waals surface area contributed by atoms with Crippen LogP contribution in [0.25, 0.3) is 0 Å². The number of amides is 2. The molecule has 2 heterocycles. The average Bonchev–Trinajstić information content (AvgIpc) is 3.11. The minimum absolute atomic E-state index is 0.0361. The molecule has 2 aromatic rings. The van der Waals surface area contributed by atoms with E-state index in [4.69, 9.17) is 4.74 Å². The van der Waals surface area contributed by atoms with E-state index in [0.717, 1.165) is 17.8 Å². The van der Waals surface area contributed by atoms with Crippen molar-refractivity contribution in [2.24, 2.45) is 0 Å². The maximum atomic E-state index is 12.7. The normalized spacial score (nSPS) is 21.5. The first-order valence-corrected chi connectivity index (χ1v) is 10.8. The fourth-order valence-electron chi connectivity index (χ4n) is 4.08. The van der Waals surface area contributed by atoms with Gasteiger partial charge in [-0.1, -0.05) is 0 Å². The van der Waals surface area contributed by atoms with Gasteiger partial charge in [-0.15, -0.1) is 0 Å². The van der Waals surface area contributed by atoms with E-state index in [1.807, 2.05) is 6.92 Å². The number of alkyl halides is 3.